The van der Waals surface area contributed by atoms with E-state index in [1.165, 1.54) is 0 Å². The lowest BCUT2D eigenvalue weighted by atomic mass is 10.1. The molecule has 6 nitrogen and oxygen atoms in total. The molecule has 1 aromatic heterocycles. The molecule has 1 fully saturated rings. The number of likely N-dealkylation sites (tertiary alicyclic amines) is 1. The van der Waals surface area contributed by atoms with Gasteiger partial charge < -0.3 is 10.0 Å². The smallest absolute Gasteiger partial charge is 0.308 e. The summed E-state index contributed by atoms with van der Waals surface area (Å²) < 4.78 is 3.70. The molecule has 0 spiro atoms. The fourth-order valence-electron chi connectivity index (χ4n) is 1.72. The molecule has 1 amide bonds. The molecule has 1 unspecified atom stereocenters. The van der Waals surface area contributed by atoms with Crippen LogP contribution >= 0.6 is 11.5 Å². The van der Waals surface area contributed by atoms with Gasteiger partial charge in [0.15, 0.2) is 0 Å². The van der Waals surface area contributed by atoms with Crippen LogP contribution in [0.1, 0.15) is 21.8 Å². The quantitative estimate of drug-likeness (QED) is 0.810. The molecule has 1 aliphatic rings. The van der Waals surface area contributed by atoms with Crippen molar-refractivity contribution in [3.63, 3.8) is 0 Å². The summed E-state index contributed by atoms with van der Waals surface area (Å²) in [6, 6.07) is 0. The van der Waals surface area contributed by atoms with Gasteiger partial charge in [-0.05, 0) is 24.9 Å². The minimum Gasteiger partial charge on any atom is -0.481 e. The summed E-state index contributed by atoms with van der Waals surface area (Å²) in [4.78, 5) is 24.8. The van der Waals surface area contributed by atoms with Crippen molar-refractivity contribution in [3.8, 4) is 0 Å². The topological polar surface area (TPSA) is 83.4 Å². The van der Waals surface area contributed by atoms with Crippen LogP contribution in [0.4, 0.5) is 0 Å². The Balaban J connectivity index is 2.08. The Hall–Kier alpha value is -1.50. The second kappa shape index (κ2) is 4.17. The summed E-state index contributed by atoms with van der Waals surface area (Å²) in [6.07, 6.45) is 0.520. The zero-order valence-electron chi connectivity index (χ0n) is 8.71. The number of carbonyl (C=O) groups excluding carboxylic acids is 1. The van der Waals surface area contributed by atoms with E-state index in [4.69, 9.17) is 5.11 Å². The van der Waals surface area contributed by atoms with Crippen molar-refractivity contribution < 1.29 is 14.7 Å². The Morgan fingerprint density at radius 2 is 2.31 bits per heavy atom. The molecule has 0 aliphatic carbocycles. The minimum absolute atomic E-state index is 0.156. The number of aryl methyl sites for hydroxylation is 1. The Morgan fingerprint density at radius 1 is 1.56 bits per heavy atom. The third-order valence-corrected chi connectivity index (χ3v) is 3.49. The molecule has 16 heavy (non-hydrogen) atoms. The van der Waals surface area contributed by atoms with Crippen molar-refractivity contribution in [2.45, 2.75) is 13.3 Å². The highest BCUT2D eigenvalue weighted by atomic mass is 32.1. The van der Waals surface area contributed by atoms with Gasteiger partial charge in [0.1, 0.15) is 4.88 Å². The van der Waals surface area contributed by atoms with Crippen molar-refractivity contribution in [1.29, 1.82) is 0 Å². The van der Waals surface area contributed by atoms with E-state index in [0.717, 1.165) is 11.5 Å². The van der Waals surface area contributed by atoms with Crippen LogP contribution in [0, 0.1) is 12.8 Å². The van der Waals surface area contributed by atoms with Gasteiger partial charge in [0.25, 0.3) is 5.91 Å². The third-order valence-electron chi connectivity index (χ3n) is 2.67. The molecule has 1 saturated heterocycles. The van der Waals surface area contributed by atoms with E-state index in [0.29, 0.717) is 23.5 Å². The largest absolute Gasteiger partial charge is 0.481 e. The van der Waals surface area contributed by atoms with Crippen molar-refractivity contribution in [2.24, 2.45) is 5.92 Å². The van der Waals surface area contributed by atoms with Gasteiger partial charge in [-0.2, -0.15) is 0 Å². The van der Waals surface area contributed by atoms with Crippen LogP contribution in [0.3, 0.4) is 0 Å². The van der Waals surface area contributed by atoms with Crippen molar-refractivity contribution in [3.05, 3.63) is 10.6 Å². The summed E-state index contributed by atoms with van der Waals surface area (Å²) in [5, 5.41) is 12.6. The number of carbonyl (C=O) groups is 2. The van der Waals surface area contributed by atoms with Crippen LogP contribution in [0.5, 0.6) is 0 Å². The van der Waals surface area contributed by atoms with E-state index < -0.39 is 11.9 Å². The first-order chi connectivity index (χ1) is 7.59. The molecule has 0 radical (unpaired) electrons. The molecule has 1 aromatic rings. The van der Waals surface area contributed by atoms with Crippen LogP contribution in [0.25, 0.3) is 0 Å². The molecule has 86 valence electrons. The minimum atomic E-state index is -0.838. The van der Waals surface area contributed by atoms with Crippen molar-refractivity contribution in [2.75, 3.05) is 13.1 Å². The van der Waals surface area contributed by atoms with Crippen LogP contribution in [-0.2, 0) is 4.79 Å². The molecule has 0 aromatic carbocycles. The van der Waals surface area contributed by atoms with E-state index in [1.807, 2.05) is 0 Å². The lowest BCUT2D eigenvalue weighted by molar-refractivity contribution is -0.141. The summed E-state index contributed by atoms with van der Waals surface area (Å²) in [7, 11) is 0. The zero-order valence-corrected chi connectivity index (χ0v) is 9.53. The number of carboxylic acids is 1. The lowest BCUT2D eigenvalue weighted by Gasteiger charge is -2.14. The number of nitrogens with zero attached hydrogens (tertiary/aromatic N) is 3. The van der Waals surface area contributed by atoms with Crippen molar-refractivity contribution in [1.82, 2.24) is 14.5 Å². The van der Waals surface area contributed by atoms with Gasteiger partial charge in [0.05, 0.1) is 11.6 Å². The van der Waals surface area contributed by atoms with Crippen LogP contribution in [-0.4, -0.2) is 44.6 Å². The van der Waals surface area contributed by atoms with E-state index in [9.17, 15) is 9.59 Å². The predicted molar refractivity (Wildman–Crippen MR) is 56.3 cm³/mol. The second-order valence-corrected chi connectivity index (χ2v) is 4.52. The molecule has 1 aliphatic heterocycles. The monoisotopic (exact) mass is 241 g/mol. The normalized spacial score (nSPS) is 20.1. The van der Waals surface area contributed by atoms with Gasteiger partial charge >= 0.3 is 5.97 Å². The first-order valence-corrected chi connectivity index (χ1v) is 5.68. The number of carboxylic acid groups (broad SMARTS) is 1. The van der Waals surface area contributed by atoms with E-state index in [-0.39, 0.29) is 12.5 Å². The average molecular weight is 241 g/mol. The molecular weight excluding hydrogens is 230 g/mol. The van der Waals surface area contributed by atoms with E-state index >= 15 is 0 Å². The summed E-state index contributed by atoms with van der Waals surface area (Å²) in [6.45, 7) is 2.50. The van der Waals surface area contributed by atoms with E-state index in [1.54, 1.807) is 11.8 Å². The zero-order chi connectivity index (χ0) is 11.7. The predicted octanol–water partition coefficient (Wildman–Crippen LogP) is 0.393. The molecule has 7 heteroatoms. The maximum Gasteiger partial charge on any atom is 0.308 e. The highest BCUT2D eigenvalue weighted by Gasteiger charge is 2.32. The fraction of sp³-hybridized carbons (Fsp3) is 0.556. The lowest BCUT2D eigenvalue weighted by Crippen LogP contribution is -2.29. The number of aromatic nitrogens is 2. The highest BCUT2D eigenvalue weighted by Crippen LogP contribution is 2.21. The number of amides is 1. The standard InChI is InChI=1S/C9H11N3O3S/c1-5-7(16-11-10-5)8(13)12-3-2-6(4-12)9(14)15/h6H,2-4H2,1H3,(H,14,15). The van der Waals surface area contributed by atoms with Crippen molar-refractivity contribution >= 4 is 23.4 Å². The Morgan fingerprint density at radius 3 is 2.81 bits per heavy atom. The Kier molecular flexibility index (Phi) is 2.86. The van der Waals surface area contributed by atoms with E-state index in [2.05, 4.69) is 9.59 Å². The molecule has 2 rings (SSSR count). The van der Waals surface area contributed by atoms with Gasteiger partial charge in [-0.15, -0.1) is 5.10 Å². The number of rotatable bonds is 2. The van der Waals surface area contributed by atoms with Gasteiger partial charge in [-0.1, -0.05) is 4.49 Å². The summed E-state index contributed by atoms with van der Waals surface area (Å²) >= 11 is 1.05. The first kappa shape index (κ1) is 11.0. The highest BCUT2D eigenvalue weighted by molar-refractivity contribution is 7.07. The van der Waals surface area contributed by atoms with Crippen LogP contribution in [0.2, 0.25) is 0 Å². The maximum atomic E-state index is 12.0. The number of hydrogen-bond donors (Lipinski definition) is 1. The summed E-state index contributed by atoms with van der Waals surface area (Å²) in [5.41, 5.74) is 0.605. The van der Waals surface area contributed by atoms with Gasteiger partial charge in [-0.25, -0.2) is 0 Å². The van der Waals surface area contributed by atoms with Gasteiger partial charge in [0.2, 0.25) is 0 Å². The molecule has 1 N–H and O–H groups in total. The molecule has 0 bridgehead atoms. The molecule has 0 saturated carbocycles. The fourth-order valence-corrected chi connectivity index (χ4v) is 2.34. The molecule has 2 heterocycles. The average Bonchev–Trinajstić information content (AvgIpc) is 2.84. The Bertz CT molecular complexity index is 431. The maximum absolute atomic E-state index is 12.0. The van der Waals surface area contributed by atoms with Crippen LogP contribution < -0.4 is 0 Å². The molecule has 1 atom stereocenters. The van der Waals surface area contributed by atoms with Crippen LogP contribution in [0.15, 0.2) is 0 Å². The SMILES string of the molecule is Cc1nnsc1C(=O)N1CCC(C(=O)O)C1. The third kappa shape index (κ3) is 1.90. The number of hydrogen-bond acceptors (Lipinski definition) is 5. The second-order valence-electron chi connectivity index (χ2n) is 3.76. The molecular formula is C9H11N3O3S. The number of aliphatic carboxylic acids is 1. The van der Waals surface area contributed by atoms with Gasteiger partial charge in [0, 0.05) is 13.1 Å². The first-order valence-electron chi connectivity index (χ1n) is 4.90. The Labute approximate surface area is 96.0 Å². The van der Waals surface area contributed by atoms with Gasteiger partial charge in [-0.3, -0.25) is 9.59 Å². The summed E-state index contributed by atoms with van der Waals surface area (Å²) in [5.74, 6) is -1.43.